The number of likely N-dealkylation sites (N-methyl/N-ethyl adjacent to an activating group) is 1. The fraction of sp³-hybridized carbons (Fsp3) is 0.321. The van der Waals surface area contributed by atoms with Crippen LogP contribution in [0, 0.1) is 0 Å². The molecule has 2 aromatic carbocycles. The monoisotopic (exact) mass is 566 g/mol. The van der Waals surface area contributed by atoms with E-state index in [0.29, 0.717) is 30.5 Å². The molecule has 1 unspecified atom stereocenters. The minimum absolute atomic E-state index is 0.0925. The van der Waals surface area contributed by atoms with E-state index in [4.69, 9.17) is 14.5 Å². The molecule has 4 aromatic rings. The minimum Gasteiger partial charge on any atom is -0.494 e. The van der Waals surface area contributed by atoms with Crippen LogP contribution >= 0.6 is 11.3 Å². The largest absolute Gasteiger partial charge is 0.494 e. The van der Waals surface area contributed by atoms with Gasteiger partial charge in [0.2, 0.25) is 10.0 Å². The van der Waals surface area contributed by atoms with Gasteiger partial charge in [0.15, 0.2) is 5.13 Å². The van der Waals surface area contributed by atoms with Crippen LogP contribution in [0.15, 0.2) is 71.9 Å². The van der Waals surface area contributed by atoms with Crippen molar-refractivity contribution in [1.29, 1.82) is 0 Å². The molecule has 5 rings (SSSR count). The number of sulfonamides is 1. The molecule has 1 atom stereocenters. The van der Waals surface area contributed by atoms with Gasteiger partial charge in [0.25, 0.3) is 5.91 Å². The highest BCUT2D eigenvalue weighted by atomic mass is 32.2. The third-order valence-corrected chi connectivity index (χ3v) is 9.37. The van der Waals surface area contributed by atoms with Crippen molar-refractivity contribution in [2.24, 2.45) is 0 Å². The highest BCUT2D eigenvalue weighted by Crippen LogP contribution is 2.33. The van der Waals surface area contributed by atoms with E-state index in [-0.39, 0.29) is 23.5 Å². The van der Waals surface area contributed by atoms with E-state index in [2.05, 4.69) is 4.98 Å². The molecule has 0 N–H and O–H groups in total. The van der Waals surface area contributed by atoms with Crippen LogP contribution in [0.4, 0.5) is 5.13 Å². The van der Waals surface area contributed by atoms with Crippen molar-refractivity contribution in [2.45, 2.75) is 37.3 Å². The Kier molecular flexibility index (Phi) is 8.22. The van der Waals surface area contributed by atoms with Gasteiger partial charge in [-0.25, -0.2) is 13.4 Å². The van der Waals surface area contributed by atoms with Crippen LogP contribution in [-0.4, -0.2) is 61.5 Å². The van der Waals surface area contributed by atoms with Crippen LogP contribution < -0.4 is 9.64 Å². The molecular weight excluding hydrogens is 536 g/mol. The lowest BCUT2D eigenvalue weighted by Gasteiger charge is -2.21. The van der Waals surface area contributed by atoms with E-state index < -0.39 is 10.0 Å². The number of nitrogens with zero attached hydrogens (tertiary/aromatic N) is 4. The summed E-state index contributed by atoms with van der Waals surface area (Å²) < 4.78 is 39.7. The number of rotatable bonds is 10. The maximum absolute atomic E-state index is 13.8. The van der Waals surface area contributed by atoms with Gasteiger partial charge in [-0.15, -0.1) is 0 Å². The zero-order valence-corrected chi connectivity index (χ0v) is 23.5. The van der Waals surface area contributed by atoms with Gasteiger partial charge in [0.1, 0.15) is 5.75 Å². The number of pyridine rings is 1. The van der Waals surface area contributed by atoms with Crippen molar-refractivity contribution in [3.05, 3.63) is 78.1 Å². The average Bonchev–Trinajstić information content (AvgIpc) is 3.62. The summed E-state index contributed by atoms with van der Waals surface area (Å²) in [5, 5.41) is 0.528. The van der Waals surface area contributed by atoms with Crippen LogP contribution in [0.1, 0.15) is 35.7 Å². The topological polar surface area (TPSA) is 102 Å². The fourth-order valence-corrected chi connectivity index (χ4v) is 6.64. The summed E-state index contributed by atoms with van der Waals surface area (Å²) in [6, 6.07) is 15.4. The standard InChI is InChI=1S/C28H30N4O5S2/c1-3-36-22-10-13-25-26(16-22)38-28(30-25)32(18-20-6-4-14-29-17-20)27(33)21-8-11-24(12-9-21)39(34,35)31(2)19-23-7-5-15-37-23/h4,6,8-14,16-17,23H,3,5,7,15,18-19H2,1-2H3. The second kappa shape index (κ2) is 11.8. The summed E-state index contributed by atoms with van der Waals surface area (Å²) >= 11 is 1.39. The Labute approximate surface area is 232 Å². The van der Waals surface area contributed by atoms with Gasteiger partial charge < -0.3 is 9.47 Å². The molecule has 2 aromatic heterocycles. The number of aromatic nitrogens is 2. The number of amides is 1. The number of ether oxygens (including phenoxy) is 2. The summed E-state index contributed by atoms with van der Waals surface area (Å²) in [6.45, 7) is 3.70. The molecule has 1 saturated heterocycles. The first-order chi connectivity index (χ1) is 18.8. The predicted molar refractivity (Wildman–Crippen MR) is 151 cm³/mol. The minimum atomic E-state index is -3.72. The molecule has 204 valence electrons. The smallest absolute Gasteiger partial charge is 0.260 e. The van der Waals surface area contributed by atoms with Gasteiger partial charge in [-0.05, 0) is 73.9 Å². The van der Waals surface area contributed by atoms with E-state index in [1.165, 1.54) is 27.8 Å². The van der Waals surface area contributed by atoms with Crippen LogP contribution in [0.2, 0.25) is 0 Å². The van der Waals surface area contributed by atoms with E-state index in [1.807, 2.05) is 37.3 Å². The maximum atomic E-state index is 13.8. The lowest BCUT2D eigenvalue weighted by atomic mass is 10.2. The Bertz CT molecular complexity index is 1540. The van der Waals surface area contributed by atoms with Crippen LogP contribution in [0.3, 0.4) is 0 Å². The number of hydrogen-bond donors (Lipinski definition) is 0. The number of carbonyl (C=O) groups excluding carboxylic acids is 1. The van der Waals surface area contributed by atoms with Crippen molar-refractivity contribution in [3.63, 3.8) is 0 Å². The number of anilines is 1. The summed E-state index contributed by atoms with van der Waals surface area (Å²) in [4.78, 5) is 24.4. The lowest BCUT2D eigenvalue weighted by Crippen LogP contribution is -2.34. The van der Waals surface area contributed by atoms with Gasteiger partial charge >= 0.3 is 0 Å². The van der Waals surface area contributed by atoms with E-state index in [0.717, 1.165) is 34.4 Å². The first kappa shape index (κ1) is 27.2. The van der Waals surface area contributed by atoms with Crippen LogP contribution in [0.5, 0.6) is 5.75 Å². The first-order valence-electron chi connectivity index (χ1n) is 12.8. The molecule has 0 radical (unpaired) electrons. The fourth-order valence-electron chi connectivity index (χ4n) is 4.44. The maximum Gasteiger partial charge on any atom is 0.260 e. The molecule has 1 aliphatic rings. The Morgan fingerprint density at radius 2 is 2.00 bits per heavy atom. The number of hydrogen-bond acceptors (Lipinski definition) is 8. The quantitative estimate of drug-likeness (QED) is 0.273. The summed E-state index contributed by atoms with van der Waals surface area (Å²) in [5.74, 6) is 0.450. The highest BCUT2D eigenvalue weighted by Gasteiger charge is 2.27. The van der Waals surface area contributed by atoms with Crippen molar-refractivity contribution in [1.82, 2.24) is 14.3 Å². The Morgan fingerprint density at radius 1 is 1.18 bits per heavy atom. The SMILES string of the molecule is CCOc1ccc2nc(N(Cc3cccnc3)C(=O)c3ccc(S(=O)(=O)N(C)CC4CCCO4)cc3)sc2c1. The van der Waals surface area contributed by atoms with Crippen molar-refractivity contribution < 1.29 is 22.7 Å². The average molecular weight is 567 g/mol. The Morgan fingerprint density at radius 3 is 2.69 bits per heavy atom. The van der Waals surface area contributed by atoms with Gasteiger partial charge in [-0.3, -0.25) is 14.7 Å². The molecule has 0 spiro atoms. The van der Waals surface area contributed by atoms with Crippen LogP contribution in [0.25, 0.3) is 10.2 Å². The third-order valence-electron chi connectivity index (χ3n) is 6.49. The second-order valence-electron chi connectivity index (χ2n) is 9.26. The second-order valence-corrected chi connectivity index (χ2v) is 12.3. The van der Waals surface area contributed by atoms with Crippen molar-refractivity contribution in [2.75, 3.05) is 31.7 Å². The number of thiazole rings is 1. The zero-order chi connectivity index (χ0) is 27.4. The molecule has 11 heteroatoms. The molecule has 9 nitrogen and oxygen atoms in total. The molecule has 0 aliphatic carbocycles. The van der Waals surface area contributed by atoms with E-state index in [9.17, 15) is 13.2 Å². The molecule has 3 heterocycles. The van der Waals surface area contributed by atoms with Crippen molar-refractivity contribution >= 4 is 42.6 Å². The molecule has 39 heavy (non-hydrogen) atoms. The normalized spacial score (nSPS) is 15.6. The Balaban J connectivity index is 1.42. The molecule has 0 saturated carbocycles. The highest BCUT2D eigenvalue weighted by molar-refractivity contribution is 7.89. The molecule has 1 amide bonds. The van der Waals surface area contributed by atoms with E-state index >= 15 is 0 Å². The van der Waals surface area contributed by atoms with Gasteiger partial charge in [-0.1, -0.05) is 17.4 Å². The van der Waals surface area contributed by atoms with Gasteiger partial charge in [0.05, 0.1) is 34.4 Å². The van der Waals surface area contributed by atoms with Crippen molar-refractivity contribution in [3.8, 4) is 5.75 Å². The van der Waals surface area contributed by atoms with E-state index in [1.54, 1.807) is 36.5 Å². The predicted octanol–water partition coefficient (Wildman–Crippen LogP) is 4.74. The molecule has 0 bridgehead atoms. The van der Waals surface area contributed by atoms with Gasteiger partial charge in [-0.2, -0.15) is 4.31 Å². The van der Waals surface area contributed by atoms with Gasteiger partial charge in [0, 0.05) is 38.2 Å². The summed E-state index contributed by atoms with van der Waals surface area (Å²) in [6.07, 6.45) is 5.08. The molecule has 1 fully saturated rings. The number of benzene rings is 2. The zero-order valence-electron chi connectivity index (χ0n) is 21.8. The lowest BCUT2D eigenvalue weighted by molar-refractivity contribution is 0.0978. The van der Waals surface area contributed by atoms with Crippen LogP contribution in [-0.2, 0) is 21.3 Å². The molecule has 1 aliphatic heterocycles. The summed E-state index contributed by atoms with van der Waals surface area (Å²) in [7, 11) is -2.17. The summed E-state index contributed by atoms with van der Waals surface area (Å²) in [5.41, 5.74) is 1.96. The molecular formula is C28H30N4O5S2. The first-order valence-corrected chi connectivity index (χ1v) is 15.0. The number of carbonyl (C=O) groups is 1. The number of fused-ring (bicyclic) bond motifs is 1. The Hall–Kier alpha value is -3.38. The third kappa shape index (κ3) is 6.11.